The number of allylic oxidation sites excluding steroid dienone is 7. The molecule has 5 nitrogen and oxygen atoms in total. The lowest BCUT2D eigenvalue weighted by Crippen LogP contribution is -2.45. The van der Waals surface area contributed by atoms with Crippen LogP contribution in [-0.2, 0) is 4.79 Å². The zero-order valence-corrected chi connectivity index (χ0v) is 42.2. The topological polar surface area (TPSA) is 89.8 Å². The molecule has 0 aliphatic carbocycles. The fraction of sp³-hybridized carbons (Fsp3) is 0.845. The molecule has 0 fully saturated rings. The minimum Gasteiger partial charge on any atom is -0.394 e. The van der Waals surface area contributed by atoms with Crippen molar-refractivity contribution in [1.82, 2.24) is 5.32 Å². The summed E-state index contributed by atoms with van der Waals surface area (Å²) in [6.45, 7) is 4.22. The molecule has 0 saturated carbocycles. The maximum Gasteiger partial charge on any atom is 0.222 e. The van der Waals surface area contributed by atoms with E-state index in [1.165, 1.54) is 225 Å². The summed E-state index contributed by atoms with van der Waals surface area (Å²) in [5, 5.41) is 33.4. The van der Waals surface area contributed by atoms with Crippen molar-refractivity contribution in [3.05, 3.63) is 48.6 Å². The Morgan fingerprint density at radius 2 is 0.730 bits per heavy atom. The summed E-state index contributed by atoms with van der Waals surface area (Å²) in [5.41, 5.74) is 0. The first kappa shape index (κ1) is 61.3. The van der Waals surface area contributed by atoms with Crippen molar-refractivity contribution >= 4 is 5.91 Å². The Bertz CT molecular complexity index is 1020. The van der Waals surface area contributed by atoms with Gasteiger partial charge in [0.2, 0.25) is 5.91 Å². The molecule has 370 valence electrons. The number of nitrogens with one attached hydrogen (secondary N) is 1. The minimum atomic E-state index is -0.953. The second-order valence-corrected chi connectivity index (χ2v) is 19.2. The van der Waals surface area contributed by atoms with Crippen LogP contribution in [-0.4, -0.2) is 46.1 Å². The lowest BCUT2D eigenvalue weighted by molar-refractivity contribution is -0.124. The Morgan fingerprint density at radius 1 is 0.413 bits per heavy atom. The van der Waals surface area contributed by atoms with E-state index >= 15 is 0 Å². The molecule has 0 rings (SSSR count). The molecule has 63 heavy (non-hydrogen) atoms. The Balaban J connectivity index is 3.57. The molecule has 0 aliphatic heterocycles. The molecule has 4 N–H and O–H groups in total. The van der Waals surface area contributed by atoms with Gasteiger partial charge in [0.05, 0.1) is 31.3 Å². The summed E-state index contributed by atoms with van der Waals surface area (Å²) >= 11 is 0. The normalized spacial score (nSPS) is 13.7. The molecule has 0 radical (unpaired) electrons. The summed E-state index contributed by atoms with van der Waals surface area (Å²) in [6, 6.07) is -0.762. The molecule has 3 atom stereocenters. The molecule has 0 aromatic heterocycles. The lowest BCUT2D eigenvalue weighted by Gasteiger charge is -2.21. The number of unbranched alkanes of at least 4 members (excludes halogenated alkanes) is 36. The minimum absolute atomic E-state index is 0.00616. The lowest BCUT2D eigenvalue weighted by atomic mass is 10.0. The van der Waals surface area contributed by atoms with E-state index < -0.39 is 18.2 Å². The highest BCUT2D eigenvalue weighted by atomic mass is 16.3. The van der Waals surface area contributed by atoms with Crippen LogP contribution in [0, 0.1) is 0 Å². The molecule has 0 saturated heterocycles. The van der Waals surface area contributed by atoms with E-state index in [0.29, 0.717) is 6.42 Å². The number of aliphatic hydroxyl groups is 3. The van der Waals surface area contributed by atoms with Gasteiger partial charge in [-0.2, -0.15) is 0 Å². The van der Waals surface area contributed by atoms with Crippen LogP contribution in [0.5, 0.6) is 0 Å². The van der Waals surface area contributed by atoms with Gasteiger partial charge in [0.1, 0.15) is 0 Å². The van der Waals surface area contributed by atoms with Crippen LogP contribution in [0.15, 0.2) is 48.6 Å². The number of hydrogen-bond donors (Lipinski definition) is 4. The summed E-state index contributed by atoms with van der Waals surface area (Å²) in [6.07, 6.45) is 70.2. The highest BCUT2D eigenvalue weighted by molar-refractivity contribution is 5.76. The average Bonchev–Trinajstić information content (AvgIpc) is 3.28. The average molecular weight is 885 g/mol. The first-order chi connectivity index (χ1) is 31.0. The van der Waals surface area contributed by atoms with Gasteiger partial charge in [-0.05, 0) is 64.2 Å². The number of hydrogen-bond acceptors (Lipinski definition) is 4. The van der Waals surface area contributed by atoms with Gasteiger partial charge in [-0.15, -0.1) is 0 Å². The summed E-state index contributed by atoms with van der Waals surface area (Å²) in [7, 11) is 0. The summed E-state index contributed by atoms with van der Waals surface area (Å²) in [4.78, 5) is 12.5. The molecule has 5 heteroatoms. The number of carbonyl (C=O) groups excluding carboxylic acids is 1. The first-order valence-electron chi connectivity index (χ1n) is 27.9. The summed E-state index contributed by atoms with van der Waals surface area (Å²) < 4.78 is 0. The predicted molar refractivity (Wildman–Crippen MR) is 277 cm³/mol. The number of rotatable bonds is 51. The van der Waals surface area contributed by atoms with Crippen molar-refractivity contribution in [2.24, 2.45) is 0 Å². The second kappa shape index (κ2) is 52.9. The van der Waals surface area contributed by atoms with Crippen LogP contribution in [0.25, 0.3) is 0 Å². The molecular weight excluding hydrogens is 775 g/mol. The van der Waals surface area contributed by atoms with Crippen LogP contribution < -0.4 is 5.32 Å². The maximum absolute atomic E-state index is 12.5. The molecule has 0 spiro atoms. The van der Waals surface area contributed by atoms with Crippen molar-refractivity contribution < 1.29 is 20.1 Å². The van der Waals surface area contributed by atoms with Gasteiger partial charge >= 0.3 is 0 Å². The zero-order chi connectivity index (χ0) is 45.8. The Labute approximate surface area is 393 Å². The molecule has 3 unspecified atom stereocenters. The van der Waals surface area contributed by atoms with Gasteiger partial charge in [-0.1, -0.05) is 268 Å². The SMILES string of the molecule is CCCCCCCCCCC/C=C\C/C=C\CCCCCCCCCCCCCCCCCC(O)CC(=O)NC(CO)C(O)/C=C/CC/C=C/CCCCCCCCCCCCC. The molecule has 0 heterocycles. The van der Waals surface area contributed by atoms with Gasteiger partial charge in [-0.25, -0.2) is 0 Å². The fourth-order valence-electron chi connectivity index (χ4n) is 8.56. The third kappa shape index (κ3) is 49.6. The van der Waals surface area contributed by atoms with E-state index in [9.17, 15) is 20.1 Å². The van der Waals surface area contributed by atoms with Crippen molar-refractivity contribution in [2.75, 3.05) is 6.61 Å². The Morgan fingerprint density at radius 3 is 1.11 bits per heavy atom. The molecular formula is C58H109NO4. The predicted octanol–water partition coefficient (Wildman–Crippen LogP) is 17.2. The molecule has 0 bridgehead atoms. The quantitative estimate of drug-likeness (QED) is 0.0362. The van der Waals surface area contributed by atoms with Crippen molar-refractivity contribution in [1.29, 1.82) is 0 Å². The molecule has 0 aromatic rings. The Hall–Kier alpha value is -1.69. The van der Waals surface area contributed by atoms with Crippen LogP contribution in [0.1, 0.15) is 290 Å². The number of carbonyl (C=O) groups is 1. The van der Waals surface area contributed by atoms with Crippen LogP contribution in [0.3, 0.4) is 0 Å². The van der Waals surface area contributed by atoms with Crippen LogP contribution in [0.4, 0.5) is 0 Å². The summed E-state index contributed by atoms with van der Waals surface area (Å²) in [5.74, 6) is -0.323. The van der Waals surface area contributed by atoms with E-state index in [0.717, 1.165) is 38.5 Å². The van der Waals surface area contributed by atoms with Crippen molar-refractivity contribution in [3.63, 3.8) is 0 Å². The molecule has 1 amide bonds. The van der Waals surface area contributed by atoms with Gasteiger partial charge in [0.25, 0.3) is 0 Å². The fourth-order valence-corrected chi connectivity index (χ4v) is 8.56. The van der Waals surface area contributed by atoms with E-state index in [4.69, 9.17) is 0 Å². The van der Waals surface area contributed by atoms with Crippen molar-refractivity contribution in [2.45, 2.75) is 308 Å². The van der Waals surface area contributed by atoms with E-state index in [1.807, 2.05) is 6.08 Å². The highest BCUT2D eigenvalue weighted by Crippen LogP contribution is 2.17. The van der Waals surface area contributed by atoms with Crippen LogP contribution in [0.2, 0.25) is 0 Å². The largest absolute Gasteiger partial charge is 0.394 e. The standard InChI is InChI=1S/C58H109NO4/c1-3-5-7-9-11-13-15-17-19-21-22-23-24-25-26-27-28-29-30-31-32-33-34-36-37-39-41-43-45-47-49-51-55(61)53-58(63)59-56(54-60)57(62)52-50-48-46-44-42-40-38-35-20-18-16-14-12-10-8-6-4-2/h22-23,25-26,42,44,50,52,55-57,60-62H,3-21,24,27-41,43,45-49,51,53-54H2,1-2H3,(H,59,63)/b23-22-,26-25-,44-42+,52-50+. The van der Waals surface area contributed by atoms with E-state index in [2.05, 4.69) is 55.6 Å². The van der Waals surface area contributed by atoms with Crippen molar-refractivity contribution in [3.8, 4) is 0 Å². The van der Waals surface area contributed by atoms with E-state index in [1.54, 1.807) is 6.08 Å². The maximum atomic E-state index is 12.5. The van der Waals surface area contributed by atoms with Gasteiger partial charge in [-0.3, -0.25) is 4.79 Å². The number of aliphatic hydroxyl groups excluding tert-OH is 3. The number of amides is 1. The van der Waals surface area contributed by atoms with E-state index in [-0.39, 0.29) is 18.9 Å². The van der Waals surface area contributed by atoms with Gasteiger partial charge < -0.3 is 20.6 Å². The smallest absolute Gasteiger partial charge is 0.222 e. The van der Waals surface area contributed by atoms with Gasteiger partial charge in [0.15, 0.2) is 0 Å². The third-order valence-corrected chi connectivity index (χ3v) is 12.8. The monoisotopic (exact) mass is 884 g/mol. The van der Waals surface area contributed by atoms with Gasteiger partial charge in [0, 0.05) is 0 Å². The second-order valence-electron chi connectivity index (χ2n) is 19.2. The first-order valence-corrected chi connectivity index (χ1v) is 27.9. The third-order valence-electron chi connectivity index (χ3n) is 12.8. The highest BCUT2D eigenvalue weighted by Gasteiger charge is 2.20. The zero-order valence-electron chi connectivity index (χ0n) is 42.2. The van der Waals surface area contributed by atoms with Crippen LogP contribution >= 0.6 is 0 Å². The Kier molecular flexibility index (Phi) is 51.5. The molecule has 0 aromatic carbocycles. The molecule has 0 aliphatic rings.